The summed E-state index contributed by atoms with van der Waals surface area (Å²) >= 11 is 0. The van der Waals surface area contributed by atoms with Crippen LogP contribution in [0.25, 0.3) is 27.5 Å². The van der Waals surface area contributed by atoms with Gasteiger partial charge < -0.3 is 14.2 Å². The highest BCUT2D eigenvalue weighted by Crippen LogP contribution is 2.47. The molecule has 0 spiro atoms. The molecule has 0 fully saturated rings. The van der Waals surface area contributed by atoms with Crippen molar-refractivity contribution >= 4 is 21.8 Å². The van der Waals surface area contributed by atoms with E-state index in [9.17, 15) is 27.5 Å². The van der Waals surface area contributed by atoms with E-state index in [-0.39, 0.29) is 10.9 Å². The smallest absolute Gasteiger partial charge is 0.372 e. The van der Waals surface area contributed by atoms with Crippen LogP contribution in [0.4, 0.5) is 17.6 Å². The Morgan fingerprint density at radius 1 is 1.03 bits per heavy atom. The van der Waals surface area contributed by atoms with Crippen molar-refractivity contribution in [3.8, 4) is 5.69 Å². The van der Waals surface area contributed by atoms with Gasteiger partial charge in [-0.2, -0.15) is 18.3 Å². The quantitative estimate of drug-likeness (QED) is 0.215. The predicted octanol–water partition coefficient (Wildman–Crippen LogP) is 5.81. The molecule has 6 nitrogen and oxygen atoms in total. The fourth-order valence-electron chi connectivity index (χ4n) is 4.91. The minimum atomic E-state index is -5.10. The van der Waals surface area contributed by atoms with Gasteiger partial charge in [0.2, 0.25) is 5.60 Å². The number of benzene rings is 2. The van der Waals surface area contributed by atoms with Crippen molar-refractivity contribution in [1.82, 2.24) is 18.9 Å². The molecule has 10 heteroatoms. The number of nitrogens with zero attached hydrogens (tertiary/aromatic N) is 4. The molecule has 3 aromatic heterocycles. The molecule has 5 rings (SSSR count). The van der Waals surface area contributed by atoms with Crippen LogP contribution in [0.1, 0.15) is 37.3 Å². The van der Waals surface area contributed by atoms with Crippen LogP contribution in [0, 0.1) is 5.82 Å². The maximum Gasteiger partial charge on any atom is 0.425 e. The number of aromatic nitrogens is 4. The summed E-state index contributed by atoms with van der Waals surface area (Å²) in [4.78, 5) is 13.0. The second-order valence-corrected chi connectivity index (χ2v) is 9.45. The van der Waals surface area contributed by atoms with E-state index in [2.05, 4.69) is 5.10 Å². The minimum absolute atomic E-state index is 0.0477. The van der Waals surface area contributed by atoms with Gasteiger partial charge in [0, 0.05) is 42.3 Å². The summed E-state index contributed by atoms with van der Waals surface area (Å²) in [6.07, 6.45) is 1.37. The lowest BCUT2D eigenvalue weighted by Crippen LogP contribution is -2.43. The fourth-order valence-corrected chi connectivity index (χ4v) is 4.91. The lowest BCUT2D eigenvalue weighted by atomic mass is 9.85. The molecule has 0 aliphatic rings. The monoisotopic (exact) mass is 526 g/mol. The van der Waals surface area contributed by atoms with Gasteiger partial charge in [0.05, 0.1) is 17.4 Å². The van der Waals surface area contributed by atoms with Gasteiger partial charge in [-0.15, -0.1) is 0 Å². The van der Waals surface area contributed by atoms with Gasteiger partial charge in [-0.3, -0.25) is 4.79 Å². The molecule has 0 saturated heterocycles. The lowest BCUT2D eigenvalue weighted by Gasteiger charge is -2.31. The normalized spacial score (nSPS) is 13.9. The van der Waals surface area contributed by atoms with Gasteiger partial charge in [0.1, 0.15) is 11.3 Å². The molecule has 0 amide bonds. The zero-order chi connectivity index (χ0) is 27.2. The van der Waals surface area contributed by atoms with E-state index in [4.69, 9.17) is 0 Å². The number of aryl methyl sites for hydroxylation is 2. The summed E-state index contributed by atoms with van der Waals surface area (Å²) in [5.74, 6) is -0.425. The molecule has 38 heavy (non-hydrogen) atoms. The Morgan fingerprint density at radius 3 is 2.45 bits per heavy atom. The van der Waals surface area contributed by atoms with Crippen LogP contribution in [-0.4, -0.2) is 30.2 Å². The molecule has 1 atom stereocenters. The highest BCUT2D eigenvalue weighted by molar-refractivity contribution is 5.86. The van der Waals surface area contributed by atoms with E-state index in [0.29, 0.717) is 29.6 Å². The van der Waals surface area contributed by atoms with Crippen LogP contribution in [0.3, 0.4) is 0 Å². The average Bonchev–Trinajstić information content (AvgIpc) is 3.47. The lowest BCUT2D eigenvalue weighted by molar-refractivity contribution is -0.247. The molecule has 5 aromatic rings. The second-order valence-electron chi connectivity index (χ2n) is 9.45. The molecule has 0 bridgehead atoms. The first-order valence-electron chi connectivity index (χ1n) is 12.3. The van der Waals surface area contributed by atoms with Crippen LogP contribution in [0.2, 0.25) is 0 Å². The topological polar surface area (TPSA) is 65.0 Å². The fraction of sp³-hybridized carbons (Fsp3) is 0.286. The highest BCUT2D eigenvalue weighted by Gasteiger charge is 2.57. The van der Waals surface area contributed by atoms with Crippen LogP contribution in [0.5, 0.6) is 0 Å². The first kappa shape index (κ1) is 25.7. The Hall–Kier alpha value is -3.92. The van der Waals surface area contributed by atoms with Crippen LogP contribution in [0.15, 0.2) is 71.9 Å². The Labute approximate surface area is 215 Å². The first-order valence-corrected chi connectivity index (χ1v) is 12.3. The van der Waals surface area contributed by atoms with Gasteiger partial charge in [-0.05, 0) is 54.4 Å². The zero-order valence-electron chi connectivity index (χ0n) is 20.8. The van der Waals surface area contributed by atoms with E-state index >= 15 is 0 Å². The zero-order valence-corrected chi connectivity index (χ0v) is 20.8. The summed E-state index contributed by atoms with van der Waals surface area (Å²) in [5, 5.41) is 16.2. The Bertz CT molecular complexity index is 1680. The van der Waals surface area contributed by atoms with Crippen molar-refractivity contribution in [3.63, 3.8) is 0 Å². The maximum absolute atomic E-state index is 14.8. The van der Waals surface area contributed by atoms with Crippen molar-refractivity contribution in [3.05, 3.63) is 94.4 Å². The van der Waals surface area contributed by atoms with Gasteiger partial charge in [0.25, 0.3) is 5.56 Å². The van der Waals surface area contributed by atoms with Gasteiger partial charge >= 0.3 is 6.18 Å². The van der Waals surface area contributed by atoms with Crippen molar-refractivity contribution < 1.29 is 22.7 Å². The summed E-state index contributed by atoms with van der Waals surface area (Å²) in [6.45, 7) is 2.36. The van der Waals surface area contributed by atoms with Gasteiger partial charge in [0.15, 0.2) is 0 Å². The summed E-state index contributed by atoms with van der Waals surface area (Å²) in [5.41, 5.74) is -3.49. The van der Waals surface area contributed by atoms with Crippen molar-refractivity contribution in [1.29, 1.82) is 0 Å². The minimum Gasteiger partial charge on any atom is -0.372 e. The molecule has 198 valence electrons. The standard InChI is InChI=1S/C28H26F4N4O2/c1-3-4-5-13-35-17-23(22-12-14-34(2)26(37)25(22)35)27(38,28(30,31)32)19-6-11-24-18(15-19)16-33-36(24)21-9-7-20(29)8-10-21/h6-12,14-17,38H,3-5,13H2,1-2H3. The number of hydrogen-bond acceptors (Lipinski definition) is 3. The number of halogens is 4. The van der Waals surface area contributed by atoms with Gasteiger partial charge in [-0.1, -0.05) is 25.8 Å². The summed E-state index contributed by atoms with van der Waals surface area (Å²) < 4.78 is 62.1. The molecule has 0 saturated carbocycles. The number of hydrogen-bond donors (Lipinski definition) is 1. The Balaban J connectivity index is 1.70. The van der Waals surface area contributed by atoms with Crippen LogP contribution >= 0.6 is 0 Å². The largest absolute Gasteiger partial charge is 0.425 e. The molecule has 0 aliphatic heterocycles. The Morgan fingerprint density at radius 2 is 1.76 bits per heavy atom. The number of rotatable bonds is 7. The maximum atomic E-state index is 14.8. The first-order chi connectivity index (χ1) is 18.1. The average molecular weight is 527 g/mol. The molecule has 0 aliphatic carbocycles. The number of aliphatic hydroxyl groups is 1. The molecular formula is C28H26F4N4O2. The number of unbranched alkanes of at least 4 members (excludes halogenated alkanes) is 2. The second kappa shape index (κ2) is 9.43. The molecule has 3 heterocycles. The van der Waals surface area contributed by atoms with Crippen molar-refractivity contribution in [2.24, 2.45) is 7.05 Å². The number of fused-ring (bicyclic) bond motifs is 2. The van der Waals surface area contributed by atoms with E-state index in [0.717, 1.165) is 12.8 Å². The molecule has 1 unspecified atom stereocenters. The van der Waals surface area contributed by atoms with E-state index < -0.39 is 34.3 Å². The van der Waals surface area contributed by atoms with Crippen LogP contribution < -0.4 is 5.56 Å². The van der Waals surface area contributed by atoms with E-state index in [1.54, 1.807) is 0 Å². The van der Waals surface area contributed by atoms with Crippen molar-refractivity contribution in [2.75, 3.05) is 0 Å². The van der Waals surface area contributed by atoms with E-state index in [1.807, 2.05) is 6.92 Å². The third kappa shape index (κ3) is 4.09. The molecular weight excluding hydrogens is 500 g/mol. The molecule has 2 aromatic carbocycles. The molecule has 0 radical (unpaired) electrons. The molecule has 1 N–H and O–H groups in total. The number of alkyl halides is 3. The van der Waals surface area contributed by atoms with Crippen molar-refractivity contribution in [2.45, 2.75) is 44.5 Å². The summed E-state index contributed by atoms with van der Waals surface area (Å²) in [7, 11) is 1.54. The Kier molecular flexibility index (Phi) is 6.38. The summed E-state index contributed by atoms with van der Waals surface area (Å²) in [6, 6.07) is 10.9. The van der Waals surface area contributed by atoms with E-state index in [1.165, 1.54) is 88.0 Å². The van der Waals surface area contributed by atoms with Gasteiger partial charge in [-0.25, -0.2) is 9.07 Å². The highest BCUT2D eigenvalue weighted by atomic mass is 19.4. The third-order valence-corrected chi connectivity index (χ3v) is 6.96. The van der Waals surface area contributed by atoms with Crippen LogP contribution in [-0.2, 0) is 19.2 Å². The predicted molar refractivity (Wildman–Crippen MR) is 137 cm³/mol. The third-order valence-electron chi connectivity index (χ3n) is 6.96. The SMILES string of the molecule is CCCCCn1cc(C(O)(c2ccc3c(cnn3-c3ccc(F)cc3)c2)C(F)(F)F)c2ccn(C)c(=O)c21. The number of pyridine rings is 1.